The Labute approximate surface area is 262 Å². The molecule has 6 N–H and O–H groups in total. The van der Waals surface area contributed by atoms with Gasteiger partial charge in [0.15, 0.2) is 6.29 Å². The monoisotopic (exact) mass is 617 g/mol. The van der Waals surface area contributed by atoms with E-state index in [1.54, 1.807) is 0 Å². The maximum absolute atomic E-state index is 12.8. The van der Waals surface area contributed by atoms with Crippen LogP contribution >= 0.6 is 0 Å². The van der Waals surface area contributed by atoms with Crippen LogP contribution in [0.5, 0.6) is 0 Å². The number of aliphatic hydroxyl groups is 5. The summed E-state index contributed by atoms with van der Waals surface area (Å²) < 4.78 is 11.1. The second-order valence-corrected chi connectivity index (χ2v) is 12.7. The summed E-state index contributed by atoms with van der Waals surface area (Å²) in [6.07, 6.45) is 17.0. The van der Waals surface area contributed by atoms with Crippen LogP contribution in [0.25, 0.3) is 0 Å². The Balaban J connectivity index is 2.41. The van der Waals surface area contributed by atoms with Crippen molar-refractivity contribution in [1.29, 1.82) is 0 Å². The van der Waals surface area contributed by atoms with E-state index in [0.717, 1.165) is 38.5 Å². The van der Waals surface area contributed by atoms with Gasteiger partial charge in [-0.3, -0.25) is 4.79 Å². The molecule has 0 radical (unpaired) electrons. The predicted octanol–water partition coefficient (Wildman–Crippen LogP) is 5.27. The quantitative estimate of drug-likeness (QED) is 0.0651. The summed E-state index contributed by atoms with van der Waals surface area (Å²) in [7, 11) is 0. The second-order valence-electron chi connectivity index (χ2n) is 12.7. The SMILES string of the molecule is CCCCCCCCCCCCCCCC(=O)NC(COC1OC(CO)C(O)C(O)C1O)C(O)CCCCCCCCC. The van der Waals surface area contributed by atoms with Crippen molar-refractivity contribution in [3.05, 3.63) is 0 Å². The first-order valence-electron chi connectivity index (χ1n) is 17.7. The molecule has 1 saturated heterocycles. The second kappa shape index (κ2) is 26.4. The van der Waals surface area contributed by atoms with E-state index in [2.05, 4.69) is 19.2 Å². The molecule has 1 fully saturated rings. The minimum absolute atomic E-state index is 0.134. The van der Waals surface area contributed by atoms with Gasteiger partial charge in [-0.05, 0) is 12.8 Å². The van der Waals surface area contributed by atoms with Crippen LogP contribution in [0, 0.1) is 0 Å². The summed E-state index contributed by atoms with van der Waals surface area (Å²) in [5.41, 5.74) is 0. The molecular weight excluding hydrogens is 550 g/mol. The lowest BCUT2D eigenvalue weighted by Crippen LogP contribution is -2.60. The summed E-state index contributed by atoms with van der Waals surface area (Å²) in [5.74, 6) is -0.149. The molecular formula is C34H67NO8. The number of carbonyl (C=O) groups excluding carboxylic acids is 1. The zero-order chi connectivity index (χ0) is 31.7. The first kappa shape index (κ1) is 40.2. The van der Waals surface area contributed by atoms with Crippen molar-refractivity contribution >= 4 is 5.91 Å². The molecule has 1 heterocycles. The van der Waals surface area contributed by atoms with Crippen molar-refractivity contribution in [3.8, 4) is 0 Å². The third kappa shape index (κ3) is 18.7. The number of unbranched alkanes of at least 4 members (excludes halogenated alkanes) is 18. The molecule has 7 atom stereocenters. The van der Waals surface area contributed by atoms with E-state index >= 15 is 0 Å². The smallest absolute Gasteiger partial charge is 0.220 e. The van der Waals surface area contributed by atoms with Crippen molar-refractivity contribution in [2.75, 3.05) is 13.2 Å². The molecule has 9 heteroatoms. The predicted molar refractivity (Wildman–Crippen MR) is 171 cm³/mol. The van der Waals surface area contributed by atoms with Crippen molar-refractivity contribution < 1.29 is 39.8 Å². The number of amides is 1. The zero-order valence-corrected chi connectivity index (χ0v) is 27.5. The lowest BCUT2D eigenvalue weighted by Gasteiger charge is -2.40. The van der Waals surface area contributed by atoms with Gasteiger partial charge in [-0.15, -0.1) is 0 Å². The van der Waals surface area contributed by atoms with E-state index in [1.165, 1.54) is 89.9 Å². The van der Waals surface area contributed by atoms with E-state index in [1.807, 2.05) is 0 Å². The molecule has 1 aliphatic rings. The topological polar surface area (TPSA) is 149 Å². The third-order valence-electron chi connectivity index (χ3n) is 8.71. The number of rotatable bonds is 28. The minimum Gasteiger partial charge on any atom is -0.394 e. The number of ether oxygens (including phenoxy) is 2. The number of carbonyl (C=O) groups is 1. The molecule has 1 rings (SSSR count). The molecule has 0 aliphatic carbocycles. The Bertz CT molecular complexity index is 652. The molecule has 0 bridgehead atoms. The average Bonchev–Trinajstić information content (AvgIpc) is 3.00. The largest absolute Gasteiger partial charge is 0.394 e. The normalized spacial score (nSPS) is 23.7. The molecule has 43 heavy (non-hydrogen) atoms. The Morgan fingerprint density at radius 2 is 1.16 bits per heavy atom. The van der Waals surface area contributed by atoms with Gasteiger partial charge in [-0.25, -0.2) is 0 Å². The summed E-state index contributed by atoms with van der Waals surface area (Å²) in [6, 6.07) is -0.707. The highest BCUT2D eigenvalue weighted by Gasteiger charge is 2.44. The first-order chi connectivity index (χ1) is 20.8. The van der Waals surface area contributed by atoms with Gasteiger partial charge in [0.05, 0.1) is 25.4 Å². The molecule has 0 aromatic heterocycles. The first-order valence-corrected chi connectivity index (χ1v) is 17.7. The fourth-order valence-corrected chi connectivity index (χ4v) is 5.75. The van der Waals surface area contributed by atoms with Crippen LogP contribution in [0.15, 0.2) is 0 Å². The standard InChI is InChI=1S/C34H67NO8/c1-3-5-7-9-11-12-13-14-15-16-18-20-22-24-30(38)35-27(28(37)23-21-19-17-10-8-6-4-2)26-42-34-33(41)32(40)31(39)29(25-36)43-34/h27-29,31-34,36-37,39-41H,3-26H2,1-2H3,(H,35,38). The molecule has 1 amide bonds. The van der Waals surface area contributed by atoms with E-state index in [0.29, 0.717) is 12.8 Å². The van der Waals surface area contributed by atoms with Gasteiger partial charge in [0.2, 0.25) is 5.91 Å². The summed E-state index contributed by atoms with van der Waals surface area (Å²) in [4.78, 5) is 12.8. The summed E-state index contributed by atoms with van der Waals surface area (Å²) in [5, 5.41) is 53.7. The van der Waals surface area contributed by atoms with Crippen LogP contribution in [-0.4, -0.2) is 87.5 Å². The molecule has 0 saturated carbocycles. The Hall–Kier alpha value is -0.810. The summed E-state index contributed by atoms with van der Waals surface area (Å²) in [6.45, 7) is 3.75. The minimum atomic E-state index is -1.54. The van der Waals surface area contributed by atoms with Crippen molar-refractivity contribution in [3.63, 3.8) is 0 Å². The van der Waals surface area contributed by atoms with Crippen LogP contribution in [-0.2, 0) is 14.3 Å². The Morgan fingerprint density at radius 3 is 1.65 bits per heavy atom. The molecule has 0 aromatic rings. The summed E-state index contributed by atoms with van der Waals surface area (Å²) >= 11 is 0. The van der Waals surface area contributed by atoms with Gasteiger partial charge < -0.3 is 40.3 Å². The van der Waals surface area contributed by atoms with Crippen molar-refractivity contribution in [1.82, 2.24) is 5.32 Å². The van der Waals surface area contributed by atoms with Gasteiger partial charge in [0.1, 0.15) is 24.4 Å². The Kier molecular flexibility index (Phi) is 24.7. The molecule has 1 aliphatic heterocycles. The van der Waals surface area contributed by atoms with E-state index in [4.69, 9.17) is 9.47 Å². The zero-order valence-electron chi connectivity index (χ0n) is 27.5. The van der Waals surface area contributed by atoms with Crippen LogP contribution in [0.4, 0.5) is 0 Å². The lowest BCUT2D eigenvalue weighted by molar-refractivity contribution is -0.302. The number of hydrogen-bond donors (Lipinski definition) is 6. The third-order valence-corrected chi connectivity index (χ3v) is 8.71. The number of nitrogens with one attached hydrogen (secondary N) is 1. The van der Waals surface area contributed by atoms with Crippen LogP contribution < -0.4 is 5.32 Å². The molecule has 7 unspecified atom stereocenters. The van der Waals surface area contributed by atoms with E-state index in [-0.39, 0.29) is 12.5 Å². The van der Waals surface area contributed by atoms with Crippen LogP contribution in [0.1, 0.15) is 155 Å². The molecule has 256 valence electrons. The highest BCUT2D eigenvalue weighted by atomic mass is 16.7. The Morgan fingerprint density at radius 1 is 0.698 bits per heavy atom. The van der Waals surface area contributed by atoms with Crippen LogP contribution in [0.2, 0.25) is 0 Å². The maximum Gasteiger partial charge on any atom is 0.220 e. The maximum atomic E-state index is 12.8. The van der Waals surface area contributed by atoms with E-state index < -0.39 is 49.5 Å². The molecule has 9 nitrogen and oxygen atoms in total. The lowest BCUT2D eigenvalue weighted by atomic mass is 9.99. The highest BCUT2D eigenvalue weighted by molar-refractivity contribution is 5.76. The van der Waals surface area contributed by atoms with Gasteiger partial charge in [0, 0.05) is 6.42 Å². The highest BCUT2D eigenvalue weighted by Crippen LogP contribution is 2.23. The van der Waals surface area contributed by atoms with Gasteiger partial charge in [-0.1, -0.05) is 136 Å². The van der Waals surface area contributed by atoms with Crippen LogP contribution in [0.3, 0.4) is 0 Å². The van der Waals surface area contributed by atoms with Gasteiger partial charge in [0.25, 0.3) is 0 Å². The molecule has 0 spiro atoms. The fourth-order valence-electron chi connectivity index (χ4n) is 5.75. The number of hydrogen-bond acceptors (Lipinski definition) is 8. The number of aliphatic hydroxyl groups excluding tert-OH is 5. The molecule has 0 aromatic carbocycles. The van der Waals surface area contributed by atoms with Gasteiger partial charge >= 0.3 is 0 Å². The van der Waals surface area contributed by atoms with Gasteiger partial charge in [-0.2, -0.15) is 0 Å². The average molecular weight is 618 g/mol. The van der Waals surface area contributed by atoms with Crippen molar-refractivity contribution in [2.24, 2.45) is 0 Å². The van der Waals surface area contributed by atoms with E-state index in [9.17, 15) is 30.3 Å². The van der Waals surface area contributed by atoms with Crippen molar-refractivity contribution in [2.45, 2.75) is 198 Å². The fraction of sp³-hybridized carbons (Fsp3) is 0.971.